The van der Waals surface area contributed by atoms with E-state index in [1.54, 1.807) is 25.2 Å². The van der Waals surface area contributed by atoms with Crippen LogP contribution in [0, 0.1) is 11.3 Å². The molecule has 0 saturated heterocycles. The van der Waals surface area contributed by atoms with Crippen LogP contribution in [0.3, 0.4) is 0 Å². The molecular formula is C15H15N3O3. The fourth-order valence-corrected chi connectivity index (χ4v) is 2.64. The van der Waals surface area contributed by atoms with Crippen LogP contribution in [0.4, 0.5) is 5.69 Å². The number of nitrogens with zero attached hydrogens (tertiary/aromatic N) is 2. The Bertz CT molecular complexity index is 659. The molecule has 1 N–H and O–H groups in total. The Balaban J connectivity index is 1.87. The highest BCUT2D eigenvalue weighted by atomic mass is 16.5. The van der Waals surface area contributed by atoms with Crippen molar-refractivity contribution in [2.24, 2.45) is 0 Å². The molecule has 21 heavy (non-hydrogen) atoms. The molecule has 1 aliphatic carbocycles. The summed E-state index contributed by atoms with van der Waals surface area (Å²) in [5.74, 6) is 0.0826. The van der Waals surface area contributed by atoms with E-state index in [0.29, 0.717) is 29.8 Å². The molecule has 0 unspecified atom stereocenters. The van der Waals surface area contributed by atoms with Gasteiger partial charge in [0.1, 0.15) is 11.3 Å². The van der Waals surface area contributed by atoms with Gasteiger partial charge in [-0.1, -0.05) is 0 Å². The number of nitriles is 1. The van der Waals surface area contributed by atoms with Gasteiger partial charge in [-0.25, -0.2) is 0 Å². The minimum Gasteiger partial charge on any atom is -0.482 e. The molecule has 6 heteroatoms. The average Bonchev–Trinajstić information content (AvgIpc) is 2.45. The van der Waals surface area contributed by atoms with Crippen LogP contribution in [0.5, 0.6) is 5.75 Å². The number of carbonyl (C=O) groups is 2. The van der Waals surface area contributed by atoms with Crippen molar-refractivity contribution >= 4 is 17.5 Å². The van der Waals surface area contributed by atoms with Crippen molar-refractivity contribution in [2.45, 2.75) is 24.8 Å². The lowest BCUT2D eigenvalue weighted by Crippen LogP contribution is -2.53. The molecule has 1 heterocycles. The topological polar surface area (TPSA) is 82.4 Å². The third-order valence-corrected chi connectivity index (χ3v) is 4.19. The molecule has 0 atom stereocenters. The normalized spacial score (nSPS) is 18.4. The number of fused-ring (bicyclic) bond motifs is 1. The summed E-state index contributed by atoms with van der Waals surface area (Å²) in [6, 6.07) is 7.15. The third-order valence-electron chi connectivity index (χ3n) is 4.19. The fraction of sp³-hybridized carbons (Fsp3) is 0.400. The highest BCUT2D eigenvalue weighted by Crippen LogP contribution is 2.37. The molecule has 0 radical (unpaired) electrons. The lowest BCUT2D eigenvalue weighted by Gasteiger charge is -2.43. The van der Waals surface area contributed by atoms with E-state index in [-0.39, 0.29) is 18.4 Å². The Morgan fingerprint density at radius 1 is 1.48 bits per heavy atom. The average molecular weight is 285 g/mol. The molecule has 1 aromatic rings. The second kappa shape index (κ2) is 4.77. The SMILES string of the molecule is CN(C(=O)c1ccc2c(c1)NC(=O)CO2)C1(C#N)CCC1. The van der Waals surface area contributed by atoms with Crippen LogP contribution in [0.2, 0.25) is 0 Å². The van der Waals surface area contributed by atoms with Crippen LogP contribution < -0.4 is 10.1 Å². The van der Waals surface area contributed by atoms with Crippen LogP contribution in [0.1, 0.15) is 29.6 Å². The van der Waals surface area contributed by atoms with Gasteiger partial charge in [-0.15, -0.1) is 0 Å². The Kier molecular flexibility index (Phi) is 3.05. The first-order valence-electron chi connectivity index (χ1n) is 6.82. The molecule has 1 saturated carbocycles. The monoisotopic (exact) mass is 285 g/mol. The first kappa shape index (κ1) is 13.4. The zero-order valence-corrected chi connectivity index (χ0v) is 11.7. The van der Waals surface area contributed by atoms with Crippen LogP contribution in [0.25, 0.3) is 0 Å². The molecule has 2 aliphatic rings. The number of rotatable bonds is 2. The highest BCUT2D eigenvalue weighted by molar-refractivity contribution is 6.00. The molecule has 0 aromatic heterocycles. The molecule has 6 nitrogen and oxygen atoms in total. The fourth-order valence-electron chi connectivity index (χ4n) is 2.64. The Morgan fingerprint density at radius 3 is 2.86 bits per heavy atom. The number of ether oxygens (including phenoxy) is 1. The van der Waals surface area contributed by atoms with Gasteiger partial charge in [0.25, 0.3) is 11.8 Å². The minimum atomic E-state index is -0.688. The van der Waals surface area contributed by atoms with Crippen LogP contribution >= 0.6 is 0 Å². The first-order valence-corrected chi connectivity index (χ1v) is 6.82. The summed E-state index contributed by atoms with van der Waals surface area (Å²) in [7, 11) is 1.65. The number of hydrogen-bond donors (Lipinski definition) is 1. The molecule has 0 spiro atoms. The van der Waals surface area contributed by atoms with Gasteiger partial charge >= 0.3 is 0 Å². The second-order valence-corrected chi connectivity index (χ2v) is 5.41. The highest BCUT2D eigenvalue weighted by Gasteiger charge is 2.43. The second-order valence-electron chi connectivity index (χ2n) is 5.41. The molecule has 2 amide bonds. The van der Waals surface area contributed by atoms with Crippen molar-refractivity contribution in [1.82, 2.24) is 4.90 Å². The summed E-state index contributed by atoms with van der Waals surface area (Å²) in [5.41, 5.74) is 0.237. The quantitative estimate of drug-likeness (QED) is 0.893. The Labute approximate surface area is 122 Å². The zero-order valence-electron chi connectivity index (χ0n) is 11.7. The van der Waals surface area contributed by atoms with E-state index < -0.39 is 5.54 Å². The molecule has 3 rings (SSSR count). The van der Waals surface area contributed by atoms with E-state index in [1.165, 1.54) is 4.90 Å². The van der Waals surface area contributed by atoms with Crippen LogP contribution in [0.15, 0.2) is 18.2 Å². The van der Waals surface area contributed by atoms with Crippen molar-refractivity contribution in [3.8, 4) is 11.8 Å². The molecule has 0 bridgehead atoms. The first-order chi connectivity index (χ1) is 10.1. The zero-order chi connectivity index (χ0) is 15.0. The number of hydrogen-bond acceptors (Lipinski definition) is 4. The van der Waals surface area contributed by atoms with Crippen molar-refractivity contribution < 1.29 is 14.3 Å². The smallest absolute Gasteiger partial charge is 0.262 e. The predicted molar refractivity (Wildman–Crippen MR) is 74.9 cm³/mol. The summed E-state index contributed by atoms with van der Waals surface area (Å²) >= 11 is 0. The summed E-state index contributed by atoms with van der Waals surface area (Å²) in [6.45, 7) is -0.0161. The van der Waals surface area contributed by atoms with Crippen molar-refractivity contribution in [3.63, 3.8) is 0 Å². The maximum Gasteiger partial charge on any atom is 0.262 e. The van der Waals surface area contributed by atoms with E-state index in [9.17, 15) is 14.9 Å². The third kappa shape index (κ3) is 2.11. The van der Waals surface area contributed by atoms with Crippen molar-refractivity contribution in [3.05, 3.63) is 23.8 Å². The van der Waals surface area contributed by atoms with E-state index in [2.05, 4.69) is 11.4 Å². The van der Waals surface area contributed by atoms with E-state index >= 15 is 0 Å². The maximum absolute atomic E-state index is 12.5. The van der Waals surface area contributed by atoms with Crippen LogP contribution in [-0.2, 0) is 4.79 Å². The number of benzene rings is 1. The van der Waals surface area contributed by atoms with Gasteiger partial charge in [0.2, 0.25) is 0 Å². The molecule has 1 aliphatic heterocycles. The molecular weight excluding hydrogens is 270 g/mol. The maximum atomic E-state index is 12.5. The van der Waals surface area contributed by atoms with Gasteiger partial charge in [-0.05, 0) is 37.5 Å². The summed E-state index contributed by atoms with van der Waals surface area (Å²) < 4.78 is 5.26. The lowest BCUT2D eigenvalue weighted by atomic mass is 9.76. The van der Waals surface area contributed by atoms with Crippen molar-refractivity contribution in [2.75, 3.05) is 19.0 Å². The molecule has 1 aromatic carbocycles. The summed E-state index contributed by atoms with van der Waals surface area (Å²) in [6.07, 6.45) is 2.37. The van der Waals surface area contributed by atoms with E-state index in [1.807, 2.05) is 0 Å². The Morgan fingerprint density at radius 2 is 2.24 bits per heavy atom. The van der Waals surface area contributed by atoms with Gasteiger partial charge in [0.15, 0.2) is 6.61 Å². The van der Waals surface area contributed by atoms with Crippen molar-refractivity contribution in [1.29, 1.82) is 5.26 Å². The number of anilines is 1. The number of nitrogens with one attached hydrogen (secondary N) is 1. The standard InChI is InChI=1S/C15H15N3O3/c1-18(15(9-16)5-2-6-15)14(20)10-3-4-12-11(7-10)17-13(19)8-21-12/h3-4,7H,2,5-6,8H2,1H3,(H,17,19). The van der Waals surface area contributed by atoms with Crippen LogP contribution in [-0.4, -0.2) is 35.9 Å². The summed E-state index contributed by atoms with van der Waals surface area (Å²) in [5, 5.41) is 12.0. The van der Waals surface area contributed by atoms with Gasteiger partial charge < -0.3 is 15.0 Å². The number of carbonyl (C=O) groups excluding carboxylic acids is 2. The van der Waals surface area contributed by atoms with E-state index in [4.69, 9.17) is 4.74 Å². The number of amides is 2. The van der Waals surface area contributed by atoms with E-state index in [0.717, 1.165) is 6.42 Å². The Hall–Kier alpha value is -2.55. The lowest BCUT2D eigenvalue weighted by molar-refractivity contribution is -0.118. The summed E-state index contributed by atoms with van der Waals surface area (Å²) in [4.78, 5) is 25.4. The van der Waals surface area contributed by atoms with Gasteiger partial charge in [-0.2, -0.15) is 5.26 Å². The van der Waals surface area contributed by atoms with Gasteiger partial charge in [-0.3, -0.25) is 9.59 Å². The molecule has 108 valence electrons. The minimum absolute atomic E-state index is 0.0161. The largest absolute Gasteiger partial charge is 0.482 e. The predicted octanol–water partition coefficient (Wildman–Crippen LogP) is 1.54. The van der Waals surface area contributed by atoms with Gasteiger partial charge in [0.05, 0.1) is 11.8 Å². The van der Waals surface area contributed by atoms with Gasteiger partial charge in [0, 0.05) is 12.6 Å². The molecule has 1 fully saturated rings.